The predicted octanol–water partition coefficient (Wildman–Crippen LogP) is 10.5. The summed E-state index contributed by atoms with van der Waals surface area (Å²) in [5, 5.41) is 20.3. The fraction of sp³-hybridized carbons (Fsp3) is 0.971. The molecule has 234 valence electrons. The molecule has 0 fully saturated rings. The maximum atomic E-state index is 12.7. The molecule has 0 aliphatic carbocycles. The van der Waals surface area contributed by atoms with E-state index in [0.717, 1.165) is 25.7 Å². The average Bonchev–Trinajstić information content (AvgIpc) is 2.92. The molecule has 0 radical (unpaired) electrons. The molecule has 3 atom stereocenters. The lowest BCUT2D eigenvalue weighted by Crippen LogP contribution is -2.31. The van der Waals surface area contributed by atoms with E-state index in [0.29, 0.717) is 12.8 Å². The van der Waals surface area contributed by atoms with Crippen LogP contribution in [0.4, 0.5) is 0 Å². The third kappa shape index (κ3) is 27.3. The van der Waals surface area contributed by atoms with E-state index >= 15 is 0 Å². The van der Waals surface area contributed by atoms with E-state index in [4.69, 9.17) is 4.74 Å². The van der Waals surface area contributed by atoms with Crippen LogP contribution in [0, 0.1) is 5.92 Å². The molecule has 4 heteroatoms. The van der Waals surface area contributed by atoms with E-state index in [-0.39, 0.29) is 12.6 Å². The highest BCUT2D eigenvalue weighted by Gasteiger charge is 2.27. The van der Waals surface area contributed by atoms with Gasteiger partial charge in [-0.05, 0) is 19.8 Å². The van der Waals surface area contributed by atoms with Crippen molar-refractivity contribution >= 4 is 5.97 Å². The highest BCUT2D eigenvalue weighted by Crippen LogP contribution is 2.22. The van der Waals surface area contributed by atoms with Gasteiger partial charge in [-0.15, -0.1) is 0 Å². The Kier molecular flexibility index (Phi) is 29.9. The molecule has 0 rings (SSSR count). The lowest BCUT2D eigenvalue weighted by molar-refractivity contribution is -0.155. The molecule has 0 amide bonds. The molecule has 39 heavy (non-hydrogen) atoms. The summed E-state index contributed by atoms with van der Waals surface area (Å²) < 4.78 is 5.31. The van der Waals surface area contributed by atoms with Gasteiger partial charge in [0.25, 0.3) is 0 Å². The lowest BCUT2D eigenvalue weighted by atomic mass is 9.91. The van der Waals surface area contributed by atoms with Crippen LogP contribution in [-0.4, -0.2) is 35.0 Å². The van der Waals surface area contributed by atoms with E-state index in [2.05, 4.69) is 13.8 Å². The molecule has 0 aromatic heterocycles. The fourth-order valence-corrected chi connectivity index (χ4v) is 5.55. The van der Waals surface area contributed by atoms with Crippen molar-refractivity contribution in [1.29, 1.82) is 0 Å². The number of carbonyl (C=O) groups excluding carboxylic acids is 1. The Morgan fingerprint density at radius 3 is 1.15 bits per heavy atom. The third-order valence-electron chi connectivity index (χ3n) is 8.21. The zero-order valence-electron chi connectivity index (χ0n) is 26.7. The summed E-state index contributed by atoms with van der Waals surface area (Å²) in [6.45, 7) is 6.17. The molecular weight excluding hydrogens is 484 g/mol. The minimum atomic E-state index is -0.667. The van der Waals surface area contributed by atoms with E-state index < -0.39 is 18.1 Å². The summed E-state index contributed by atoms with van der Waals surface area (Å²) in [7, 11) is 0. The first-order valence-electron chi connectivity index (χ1n) is 17.6. The first-order valence-corrected chi connectivity index (χ1v) is 17.6. The zero-order chi connectivity index (χ0) is 28.8. The van der Waals surface area contributed by atoms with Crippen LogP contribution in [0.15, 0.2) is 0 Å². The van der Waals surface area contributed by atoms with Crippen LogP contribution in [0.2, 0.25) is 0 Å². The molecule has 4 nitrogen and oxygen atoms in total. The average molecular weight is 555 g/mol. The van der Waals surface area contributed by atoms with Crippen LogP contribution in [0.25, 0.3) is 0 Å². The van der Waals surface area contributed by atoms with Crippen LogP contribution in [-0.2, 0) is 9.53 Å². The van der Waals surface area contributed by atoms with Crippen molar-refractivity contribution in [3.05, 3.63) is 0 Å². The highest BCUT2D eigenvalue weighted by molar-refractivity contribution is 5.73. The van der Waals surface area contributed by atoms with E-state index in [1.165, 1.54) is 135 Å². The number of rotatable bonds is 31. The van der Waals surface area contributed by atoms with Crippen LogP contribution in [0.3, 0.4) is 0 Å². The lowest BCUT2D eigenvalue weighted by Gasteiger charge is -2.22. The third-order valence-corrected chi connectivity index (χ3v) is 8.21. The number of hydrogen-bond acceptors (Lipinski definition) is 4. The van der Waals surface area contributed by atoms with Crippen molar-refractivity contribution in [2.75, 3.05) is 6.61 Å². The Hall–Kier alpha value is -0.610. The largest absolute Gasteiger partial charge is 0.463 e. The van der Waals surface area contributed by atoms with Gasteiger partial charge in [-0.3, -0.25) is 4.79 Å². The van der Waals surface area contributed by atoms with Crippen molar-refractivity contribution in [2.24, 2.45) is 5.92 Å². The normalized spacial score (nSPS) is 13.9. The molecule has 0 aromatic rings. The molecule has 0 aliphatic heterocycles. The van der Waals surface area contributed by atoms with Crippen LogP contribution in [0.5, 0.6) is 0 Å². The number of aliphatic hydroxyl groups is 2. The van der Waals surface area contributed by atoms with Gasteiger partial charge in [-0.1, -0.05) is 174 Å². The summed E-state index contributed by atoms with van der Waals surface area (Å²) in [5.41, 5.74) is 0. The maximum absolute atomic E-state index is 12.7. The molecule has 0 saturated carbocycles. The molecule has 0 heterocycles. The van der Waals surface area contributed by atoms with Gasteiger partial charge in [0, 0.05) is 0 Å². The number of aliphatic hydroxyl groups excluding tert-OH is 2. The van der Waals surface area contributed by atoms with Gasteiger partial charge in [0.1, 0.15) is 6.61 Å². The van der Waals surface area contributed by atoms with E-state index in [9.17, 15) is 15.0 Å². The second-order valence-electron chi connectivity index (χ2n) is 12.4. The Morgan fingerprint density at radius 1 is 0.513 bits per heavy atom. The first-order chi connectivity index (χ1) is 19.0. The van der Waals surface area contributed by atoms with Gasteiger partial charge in [0.05, 0.1) is 18.1 Å². The monoisotopic (exact) mass is 555 g/mol. The second kappa shape index (κ2) is 30.4. The standard InChI is InChI=1S/C35H70O4/c1-4-6-8-10-12-14-16-18-20-22-24-26-28-30-34(37)33(35(38)39-31-32(3)36)29-27-25-23-21-19-17-15-13-11-9-7-5-2/h32-34,36-37H,4-31H2,1-3H3. The molecule has 0 spiro atoms. The predicted molar refractivity (Wildman–Crippen MR) is 168 cm³/mol. The van der Waals surface area contributed by atoms with Gasteiger partial charge in [0.15, 0.2) is 0 Å². The van der Waals surface area contributed by atoms with Gasteiger partial charge in [-0.25, -0.2) is 0 Å². The molecule has 0 aromatic carbocycles. The van der Waals surface area contributed by atoms with Crippen molar-refractivity contribution in [1.82, 2.24) is 0 Å². The van der Waals surface area contributed by atoms with Crippen molar-refractivity contribution in [3.63, 3.8) is 0 Å². The fourth-order valence-electron chi connectivity index (χ4n) is 5.55. The number of esters is 1. The number of unbranched alkanes of at least 4 members (excludes halogenated alkanes) is 23. The minimum Gasteiger partial charge on any atom is -0.463 e. The Morgan fingerprint density at radius 2 is 0.821 bits per heavy atom. The molecular formula is C35H70O4. The van der Waals surface area contributed by atoms with Crippen LogP contribution < -0.4 is 0 Å². The molecule has 0 bridgehead atoms. The Bertz CT molecular complexity index is 493. The Labute approximate surface area is 244 Å². The maximum Gasteiger partial charge on any atom is 0.311 e. The molecule has 0 saturated heterocycles. The quantitative estimate of drug-likeness (QED) is 0.0660. The number of hydrogen-bond donors (Lipinski definition) is 2. The minimum absolute atomic E-state index is 0.0131. The van der Waals surface area contributed by atoms with Crippen LogP contribution >= 0.6 is 0 Å². The van der Waals surface area contributed by atoms with Gasteiger partial charge in [0.2, 0.25) is 0 Å². The molecule has 2 N–H and O–H groups in total. The summed E-state index contributed by atoms with van der Waals surface area (Å²) in [6.07, 6.45) is 32.5. The smallest absolute Gasteiger partial charge is 0.311 e. The van der Waals surface area contributed by atoms with E-state index in [1.807, 2.05) is 0 Å². The second-order valence-corrected chi connectivity index (χ2v) is 12.4. The van der Waals surface area contributed by atoms with Crippen LogP contribution in [0.1, 0.15) is 194 Å². The van der Waals surface area contributed by atoms with E-state index in [1.54, 1.807) is 6.92 Å². The van der Waals surface area contributed by atoms with Crippen molar-refractivity contribution < 1.29 is 19.7 Å². The summed E-state index contributed by atoms with van der Waals surface area (Å²) in [5.74, 6) is -0.787. The van der Waals surface area contributed by atoms with Gasteiger partial charge in [-0.2, -0.15) is 0 Å². The van der Waals surface area contributed by atoms with Crippen molar-refractivity contribution in [2.45, 2.75) is 206 Å². The molecule has 0 aliphatic rings. The summed E-state index contributed by atoms with van der Waals surface area (Å²) in [4.78, 5) is 12.7. The topological polar surface area (TPSA) is 66.8 Å². The van der Waals surface area contributed by atoms with Gasteiger partial charge >= 0.3 is 5.97 Å². The summed E-state index contributed by atoms with van der Waals surface area (Å²) in [6, 6.07) is 0. The first kappa shape index (κ1) is 38.4. The highest BCUT2D eigenvalue weighted by atomic mass is 16.5. The van der Waals surface area contributed by atoms with Gasteiger partial charge < -0.3 is 14.9 Å². The van der Waals surface area contributed by atoms with Crippen molar-refractivity contribution in [3.8, 4) is 0 Å². The number of carbonyl (C=O) groups is 1. The number of ether oxygens (including phenoxy) is 1. The molecule has 3 unspecified atom stereocenters. The Balaban J connectivity index is 3.98. The SMILES string of the molecule is CCCCCCCCCCCCCCCC(O)C(CCCCCCCCCCCCCC)C(=O)OCC(C)O. The summed E-state index contributed by atoms with van der Waals surface area (Å²) >= 11 is 0. The zero-order valence-corrected chi connectivity index (χ0v) is 26.7.